The number of hydrogen-bond donors (Lipinski definition) is 1. The van der Waals surface area contributed by atoms with Crippen LogP contribution >= 0.6 is 0 Å². The number of aromatic nitrogens is 3. The molecule has 2 aromatic heterocycles. The van der Waals surface area contributed by atoms with Gasteiger partial charge in [-0.2, -0.15) is 0 Å². The third-order valence-electron chi connectivity index (χ3n) is 3.83. The van der Waals surface area contributed by atoms with Crippen molar-refractivity contribution in [1.29, 1.82) is 0 Å². The van der Waals surface area contributed by atoms with Crippen LogP contribution in [0.15, 0.2) is 42.7 Å². The fourth-order valence-corrected chi connectivity index (χ4v) is 2.46. The highest BCUT2D eigenvalue weighted by atomic mass is 19.2. The van der Waals surface area contributed by atoms with Crippen molar-refractivity contribution < 1.29 is 13.2 Å². The Hall–Kier alpha value is -2.96. The van der Waals surface area contributed by atoms with E-state index in [2.05, 4.69) is 20.3 Å². The number of rotatable bonds is 6. The van der Waals surface area contributed by atoms with Crippen molar-refractivity contribution in [2.45, 2.75) is 33.6 Å². The van der Waals surface area contributed by atoms with Crippen LogP contribution in [-0.2, 0) is 12.8 Å². The fraction of sp³-hybridized carbons (Fsp3) is 0.286. The minimum absolute atomic E-state index is 0.0898. The monoisotopic (exact) mass is 388 g/mol. The van der Waals surface area contributed by atoms with Crippen LogP contribution in [0.2, 0.25) is 0 Å². The van der Waals surface area contributed by atoms with Gasteiger partial charge in [-0.05, 0) is 36.6 Å². The molecule has 2 heterocycles. The summed E-state index contributed by atoms with van der Waals surface area (Å²) in [6.45, 7) is 6.52. The highest BCUT2D eigenvalue weighted by Gasteiger charge is 2.14. The van der Waals surface area contributed by atoms with Crippen molar-refractivity contribution >= 4 is 5.82 Å². The molecule has 7 heteroatoms. The lowest BCUT2D eigenvalue weighted by molar-refractivity contribution is 0.447. The van der Waals surface area contributed by atoms with Crippen LogP contribution in [0.5, 0.6) is 0 Å². The first kappa shape index (κ1) is 21.3. The largest absolute Gasteiger partial charge is 0.370 e. The molecule has 0 unspecified atom stereocenters. The molecule has 0 atom stereocenters. The van der Waals surface area contributed by atoms with Crippen LogP contribution in [0.4, 0.5) is 19.0 Å². The van der Waals surface area contributed by atoms with Crippen molar-refractivity contribution in [3.63, 3.8) is 0 Å². The quantitative estimate of drug-likeness (QED) is 0.590. The molecule has 0 saturated heterocycles. The Morgan fingerprint density at radius 1 is 1.00 bits per heavy atom. The summed E-state index contributed by atoms with van der Waals surface area (Å²) in [7, 11) is 0. The molecular formula is C21H23F3N4. The molecule has 4 nitrogen and oxygen atoms in total. The first-order valence-electron chi connectivity index (χ1n) is 9.22. The van der Waals surface area contributed by atoms with Gasteiger partial charge >= 0.3 is 0 Å². The zero-order valence-corrected chi connectivity index (χ0v) is 16.1. The minimum atomic E-state index is -1.50. The third-order valence-corrected chi connectivity index (χ3v) is 3.83. The number of nitrogens with zero attached hydrogens (tertiary/aromatic N) is 3. The average molecular weight is 388 g/mol. The number of nitrogens with one attached hydrogen (secondary N) is 1. The maximum absolute atomic E-state index is 13.5. The van der Waals surface area contributed by atoms with Gasteiger partial charge in [-0.15, -0.1) is 0 Å². The summed E-state index contributed by atoms with van der Waals surface area (Å²) in [6, 6.07) is 7.41. The molecule has 1 aromatic carbocycles. The number of benzene rings is 1. The first-order chi connectivity index (χ1) is 13.6. The second-order valence-corrected chi connectivity index (χ2v) is 5.71. The summed E-state index contributed by atoms with van der Waals surface area (Å²) in [5, 5.41) is 3.18. The molecule has 0 radical (unpaired) electrons. The van der Waals surface area contributed by atoms with Crippen LogP contribution in [0.1, 0.15) is 32.0 Å². The van der Waals surface area contributed by atoms with E-state index in [1.54, 1.807) is 18.5 Å². The van der Waals surface area contributed by atoms with Gasteiger partial charge in [0.25, 0.3) is 0 Å². The summed E-state index contributed by atoms with van der Waals surface area (Å²) in [4.78, 5) is 12.6. The Morgan fingerprint density at radius 2 is 1.71 bits per heavy atom. The van der Waals surface area contributed by atoms with Crippen molar-refractivity contribution in [3.8, 4) is 11.4 Å². The number of anilines is 1. The highest BCUT2D eigenvalue weighted by Crippen LogP contribution is 2.23. The molecule has 148 valence electrons. The Balaban J connectivity index is 0.00000136. The summed E-state index contributed by atoms with van der Waals surface area (Å²) in [6.07, 6.45) is 4.87. The van der Waals surface area contributed by atoms with Gasteiger partial charge in [0.2, 0.25) is 0 Å². The van der Waals surface area contributed by atoms with E-state index in [1.165, 1.54) is 0 Å². The van der Waals surface area contributed by atoms with Crippen LogP contribution in [-0.4, -0.2) is 21.5 Å². The fourth-order valence-electron chi connectivity index (χ4n) is 2.46. The molecule has 0 amide bonds. The molecule has 0 fully saturated rings. The van der Waals surface area contributed by atoms with Gasteiger partial charge in [0.1, 0.15) is 5.82 Å². The number of aryl methyl sites for hydroxylation is 1. The topological polar surface area (TPSA) is 50.7 Å². The smallest absolute Gasteiger partial charge is 0.194 e. The average Bonchev–Trinajstić information content (AvgIpc) is 2.73. The SMILES string of the molecule is CC.CCc1cc(NCCc2cccnc2)nc(-c2cc(F)c(F)c(F)c2)n1. The number of hydrogen-bond acceptors (Lipinski definition) is 4. The Morgan fingerprint density at radius 3 is 2.32 bits per heavy atom. The Kier molecular flexibility index (Phi) is 7.92. The second-order valence-electron chi connectivity index (χ2n) is 5.71. The van der Waals surface area contributed by atoms with Gasteiger partial charge in [-0.25, -0.2) is 23.1 Å². The van der Waals surface area contributed by atoms with Crippen LogP contribution < -0.4 is 5.32 Å². The standard InChI is InChI=1S/C19H17F3N4.C2H6/c1-2-14-10-17(24-7-5-12-4-3-6-23-11-12)26-19(25-14)13-8-15(20)18(22)16(21)9-13;1-2/h3-4,6,8-11H,2,5,7H2,1H3,(H,24,25,26);1-2H3. The lowest BCUT2D eigenvalue weighted by Crippen LogP contribution is -2.08. The molecular weight excluding hydrogens is 365 g/mol. The number of halogens is 3. The van der Waals surface area contributed by atoms with E-state index in [9.17, 15) is 13.2 Å². The van der Waals surface area contributed by atoms with Crippen molar-refractivity contribution in [3.05, 3.63) is 71.4 Å². The predicted octanol–water partition coefficient (Wildman–Crippen LogP) is 5.20. The lowest BCUT2D eigenvalue weighted by atomic mass is 10.1. The van der Waals surface area contributed by atoms with E-state index in [0.29, 0.717) is 24.5 Å². The van der Waals surface area contributed by atoms with Crippen molar-refractivity contribution in [2.24, 2.45) is 0 Å². The van der Waals surface area contributed by atoms with Gasteiger partial charge in [0.15, 0.2) is 23.3 Å². The molecule has 1 N–H and O–H groups in total. The maximum atomic E-state index is 13.5. The lowest BCUT2D eigenvalue weighted by Gasteiger charge is -2.10. The minimum Gasteiger partial charge on any atom is -0.370 e. The molecule has 28 heavy (non-hydrogen) atoms. The zero-order valence-electron chi connectivity index (χ0n) is 16.1. The van der Waals surface area contributed by atoms with Crippen LogP contribution in [0, 0.1) is 17.5 Å². The molecule has 0 aliphatic heterocycles. The van der Waals surface area contributed by atoms with Gasteiger partial charge in [-0.3, -0.25) is 4.98 Å². The Labute approximate surface area is 162 Å². The van der Waals surface area contributed by atoms with Crippen LogP contribution in [0.25, 0.3) is 11.4 Å². The van der Waals surface area contributed by atoms with Gasteiger partial charge in [0.05, 0.1) is 0 Å². The van der Waals surface area contributed by atoms with Gasteiger partial charge in [-0.1, -0.05) is 26.8 Å². The molecule has 0 bridgehead atoms. The van der Waals surface area contributed by atoms with E-state index >= 15 is 0 Å². The Bertz CT molecular complexity index is 878. The molecule has 3 rings (SSSR count). The zero-order chi connectivity index (χ0) is 20.5. The third kappa shape index (κ3) is 5.52. The van der Waals surface area contributed by atoms with E-state index < -0.39 is 17.5 Å². The molecule has 0 spiro atoms. The highest BCUT2D eigenvalue weighted by molar-refractivity contribution is 5.58. The second kappa shape index (κ2) is 10.4. The molecule has 0 aliphatic carbocycles. The van der Waals surface area contributed by atoms with E-state index in [0.717, 1.165) is 24.1 Å². The predicted molar refractivity (Wildman–Crippen MR) is 104 cm³/mol. The summed E-state index contributed by atoms with van der Waals surface area (Å²) >= 11 is 0. The molecule has 0 aliphatic rings. The first-order valence-corrected chi connectivity index (χ1v) is 9.22. The maximum Gasteiger partial charge on any atom is 0.194 e. The van der Waals surface area contributed by atoms with Crippen LogP contribution in [0.3, 0.4) is 0 Å². The van der Waals surface area contributed by atoms with Gasteiger partial charge < -0.3 is 5.32 Å². The van der Waals surface area contributed by atoms with Gasteiger partial charge in [0, 0.05) is 36.3 Å². The molecule has 3 aromatic rings. The van der Waals surface area contributed by atoms with E-state index in [4.69, 9.17) is 0 Å². The van der Waals surface area contributed by atoms with Crippen molar-refractivity contribution in [2.75, 3.05) is 11.9 Å². The van der Waals surface area contributed by atoms with E-state index in [1.807, 2.05) is 32.9 Å². The molecule has 0 saturated carbocycles. The van der Waals surface area contributed by atoms with Crippen molar-refractivity contribution in [1.82, 2.24) is 15.0 Å². The summed E-state index contributed by atoms with van der Waals surface area (Å²) < 4.78 is 40.2. The normalized spacial score (nSPS) is 10.2. The summed E-state index contributed by atoms with van der Waals surface area (Å²) in [5.41, 5.74) is 1.88. The number of pyridine rings is 1. The van der Waals surface area contributed by atoms with E-state index in [-0.39, 0.29) is 11.4 Å². The summed E-state index contributed by atoms with van der Waals surface area (Å²) in [5.74, 6) is -3.35.